The molecule has 8 heteroatoms. The number of thioether (sulfide) groups is 1. The van der Waals surface area contributed by atoms with Crippen LogP contribution in [0.25, 0.3) is 0 Å². The number of hydrogen-bond donors (Lipinski definition) is 2. The van der Waals surface area contributed by atoms with Crippen LogP contribution in [0.3, 0.4) is 0 Å². The van der Waals surface area contributed by atoms with E-state index in [1.165, 1.54) is 18.8 Å². The quantitative estimate of drug-likeness (QED) is 0.507. The molecular formula is C15H20N2O5S. The van der Waals surface area contributed by atoms with Gasteiger partial charge in [0.15, 0.2) is 0 Å². The van der Waals surface area contributed by atoms with Crippen molar-refractivity contribution in [3.63, 3.8) is 0 Å². The minimum absolute atomic E-state index is 0.159. The van der Waals surface area contributed by atoms with Gasteiger partial charge in [-0.15, -0.1) is 11.8 Å². The molecule has 23 heavy (non-hydrogen) atoms. The van der Waals surface area contributed by atoms with Crippen LogP contribution in [0.2, 0.25) is 0 Å². The molecule has 7 nitrogen and oxygen atoms in total. The summed E-state index contributed by atoms with van der Waals surface area (Å²) in [7, 11) is 2.98. The highest BCUT2D eigenvalue weighted by Crippen LogP contribution is 2.23. The third kappa shape index (κ3) is 6.70. The van der Waals surface area contributed by atoms with E-state index in [1.807, 2.05) is 0 Å². The number of nitrogens with zero attached hydrogens (tertiary/aromatic N) is 1. The highest BCUT2D eigenvalue weighted by Gasteiger charge is 2.18. The number of rotatable bonds is 9. The van der Waals surface area contributed by atoms with Gasteiger partial charge in [-0.3, -0.25) is 14.4 Å². The largest absolute Gasteiger partial charge is 0.480 e. The van der Waals surface area contributed by atoms with Crippen molar-refractivity contribution in [1.29, 1.82) is 0 Å². The van der Waals surface area contributed by atoms with Gasteiger partial charge >= 0.3 is 5.97 Å². The van der Waals surface area contributed by atoms with E-state index in [0.717, 1.165) is 4.90 Å². The molecule has 0 aromatic heterocycles. The van der Waals surface area contributed by atoms with Gasteiger partial charge in [0.1, 0.15) is 6.54 Å². The van der Waals surface area contributed by atoms with Crippen LogP contribution in [0.1, 0.15) is 10.4 Å². The Morgan fingerprint density at radius 3 is 2.65 bits per heavy atom. The normalized spacial score (nSPS) is 10.2. The molecule has 0 aliphatic rings. The maximum atomic E-state index is 12.3. The monoisotopic (exact) mass is 340 g/mol. The van der Waals surface area contributed by atoms with E-state index >= 15 is 0 Å². The van der Waals surface area contributed by atoms with E-state index < -0.39 is 11.9 Å². The lowest BCUT2D eigenvalue weighted by atomic mass is 10.2. The van der Waals surface area contributed by atoms with Crippen LogP contribution in [0.15, 0.2) is 29.2 Å². The first-order valence-electron chi connectivity index (χ1n) is 6.90. The van der Waals surface area contributed by atoms with Gasteiger partial charge < -0.3 is 20.1 Å². The summed E-state index contributed by atoms with van der Waals surface area (Å²) in [5.41, 5.74) is 0.381. The zero-order valence-electron chi connectivity index (χ0n) is 13.1. The molecule has 1 rings (SSSR count). The number of carboxylic acid groups (broad SMARTS) is 1. The van der Waals surface area contributed by atoms with Gasteiger partial charge in [-0.05, 0) is 12.1 Å². The minimum Gasteiger partial charge on any atom is -0.480 e. The Morgan fingerprint density at radius 2 is 2.00 bits per heavy atom. The molecule has 2 N–H and O–H groups in total. The van der Waals surface area contributed by atoms with Crippen molar-refractivity contribution in [3.05, 3.63) is 29.8 Å². The van der Waals surface area contributed by atoms with Crippen LogP contribution in [0.4, 0.5) is 0 Å². The number of carbonyl (C=O) groups excluding carboxylic acids is 2. The molecule has 0 unspecified atom stereocenters. The Hall–Kier alpha value is -2.06. The van der Waals surface area contributed by atoms with Crippen LogP contribution in [-0.2, 0) is 14.3 Å². The van der Waals surface area contributed by atoms with E-state index in [2.05, 4.69) is 5.32 Å². The lowest BCUT2D eigenvalue weighted by molar-refractivity contribution is -0.137. The molecule has 0 saturated heterocycles. The highest BCUT2D eigenvalue weighted by atomic mass is 32.2. The van der Waals surface area contributed by atoms with E-state index in [9.17, 15) is 14.4 Å². The zero-order chi connectivity index (χ0) is 17.2. The molecule has 1 aromatic rings. The second kappa shape index (κ2) is 9.86. The molecule has 0 spiro atoms. The number of nitrogens with one attached hydrogen (secondary N) is 1. The van der Waals surface area contributed by atoms with Crippen molar-refractivity contribution in [1.82, 2.24) is 10.2 Å². The smallest absolute Gasteiger partial charge is 0.323 e. The van der Waals surface area contributed by atoms with Gasteiger partial charge in [0, 0.05) is 25.6 Å². The molecule has 0 atom stereocenters. The SMILES string of the molecule is COCCNC(=O)CSc1ccccc1C(=O)N(C)CC(=O)O. The Morgan fingerprint density at radius 1 is 1.30 bits per heavy atom. The van der Waals surface area contributed by atoms with Crippen LogP contribution in [0, 0.1) is 0 Å². The number of carbonyl (C=O) groups is 3. The van der Waals surface area contributed by atoms with Crippen LogP contribution >= 0.6 is 11.8 Å². The first kappa shape index (κ1) is 19.0. The molecule has 1 aromatic carbocycles. The maximum absolute atomic E-state index is 12.3. The zero-order valence-corrected chi connectivity index (χ0v) is 13.9. The van der Waals surface area contributed by atoms with E-state index in [1.54, 1.807) is 31.4 Å². The second-order valence-corrected chi connectivity index (χ2v) is 5.70. The summed E-state index contributed by atoms with van der Waals surface area (Å²) in [6.07, 6.45) is 0. The second-order valence-electron chi connectivity index (χ2n) is 4.68. The number of carboxylic acids is 1. The molecule has 0 fully saturated rings. The number of aliphatic carboxylic acids is 1. The van der Waals surface area contributed by atoms with Gasteiger partial charge in [0.05, 0.1) is 17.9 Å². The van der Waals surface area contributed by atoms with Crippen molar-refractivity contribution in [2.75, 3.05) is 39.6 Å². The fourth-order valence-corrected chi connectivity index (χ4v) is 2.61. The summed E-state index contributed by atoms with van der Waals surface area (Å²) < 4.78 is 4.84. The third-order valence-corrected chi connectivity index (χ3v) is 3.90. The summed E-state index contributed by atoms with van der Waals surface area (Å²) in [4.78, 5) is 36.4. The summed E-state index contributed by atoms with van der Waals surface area (Å²) >= 11 is 1.23. The van der Waals surface area contributed by atoms with Crippen LogP contribution < -0.4 is 5.32 Å². The number of likely N-dealkylation sites (N-methyl/N-ethyl adjacent to an activating group) is 1. The first-order chi connectivity index (χ1) is 11.0. The lowest BCUT2D eigenvalue weighted by Gasteiger charge is -2.16. The predicted molar refractivity (Wildman–Crippen MR) is 86.6 cm³/mol. The Bertz CT molecular complexity index is 565. The molecule has 0 aliphatic carbocycles. The number of benzene rings is 1. The molecule has 0 heterocycles. The molecule has 0 bridgehead atoms. The Labute approximate surface area is 139 Å². The first-order valence-corrected chi connectivity index (χ1v) is 7.89. The Balaban J connectivity index is 2.68. The van der Waals surface area contributed by atoms with E-state index in [0.29, 0.717) is 23.6 Å². The van der Waals surface area contributed by atoms with Crippen molar-refractivity contribution in [2.24, 2.45) is 0 Å². The van der Waals surface area contributed by atoms with E-state index in [-0.39, 0.29) is 18.2 Å². The van der Waals surface area contributed by atoms with Gasteiger partial charge in [0.2, 0.25) is 5.91 Å². The van der Waals surface area contributed by atoms with Crippen molar-refractivity contribution >= 4 is 29.5 Å². The van der Waals surface area contributed by atoms with Crippen molar-refractivity contribution in [2.45, 2.75) is 4.90 Å². The molecule has 0 radical (unpaired) electrons. The molecule has 0 saturated carbocycles. The fraction of sp³-hybridized carbons (Fsp3) is 0.400. The van der Waals surface area contributed by atoms with E-state index in [4.69, 9.17) is 9.84 Å². The van der Waals surface area contributed by atoms with Crippen molar-refractivity contribution in [3.8, 4) is 0 Å². The third-order valence-electron chi connectivity index (χ3n) is 2.82. The minimum atomic E-state index is -1.08. The predicted octanol–water partition coefficient (Wildman–Crippen LogP) is 0.698. The number of methoxy groups -OCH3 is 1. The highest BCUT2D eigenvalue weighted by molar-refractivity contribution is 8.00. The molecule has 2 amide bonds. The number of ether oxygens (including phenoxy) is 1. The number of hydrogen-bond acceptors (Lipinski definition) is 5. The fourth-order valence-electron chi connectivity index (χ4n) is 1.74. The van der Waals surface area contributed by atoms with Gasteiger partial charge in [-0.25, -0.2) is 0 Å². The number of amides is 2. The van der Waals surface area contributed by atoms with Crippen LogP contribution in [-0.4, -0.2) is 67.4 Å². The Kier molecular flexibility index (Phi) is 8.14. The summed E-state index contributed by atoms with van der Waals surface area (Å²) in [6, 6.07) is 6.81. The van der Waals surface area contributed by atoms with Gasteiger partial charge in [-0.1, -0.05) is 12.1 Å². The summed E-state index contributed by atoms with van der Waals surface area (Å²) in [5.74, 6) is -1.47. The average Bonchev–Trinajstić information content (AvgIpc) is 2.52. The molecule has 0 aliphatic heterocycles. The summed E-state index contributed by atoms with van der Waals surface area (Å²) in [6.45, 7) is 0.485. The molecular weight excluding hydrogens is 320 g/mol. The van der Waals surface area contributed by atoms with Gasteiger partial charge in [0.25, 0.3) is 5.91 Å². The standard InChI is InChI=1S/C15H20N2O5S/c1-17(9-14(19)20)15(21)11-5-3-4-6-12(11)23-10-13(18)16-7-8-22-2/h3-6H,7-10H2,1-2H3,(H,16,18)(H,19,20). The molecule has 126 valence electrons. The van der Waals surface area contributed by atoms with Gasteiger partial charge in [-0.2, -0.15) is 0 Å². The van der Waals surface area contributed by atoms with Crippen molar-refractivity contribution < 1.29 is 24.2 Å². The van der Waals surface area contributed by atoms with Crippen LogP contribution in [0.5, 0.6) is 0 Å². The average molecular weight is 340 g/mol. The lowest BCUT2D eigenvalue weighted by Crippen LogP contribution is -2.32. The summed E-state index contributed by atoms with van der Waals surface area (Å²) in [5, 5.41) is 11.5. The topological polar surface area (TPSA) is 95.9 Å². The maximum Gasteiger partial charge on any atom is 0.323 e.